The van der Waals surface area contributed by atoms with Gasteiger partial charge in [0, 0.05) is 23.4 Å². The lowest BCUT2D eigenvalue weighted by Gasteiger charge is -2.07. The Morgan fingerprint density at radius 2 is 2.22 bits per heavy atom. The molecule has 3 nitrogen and oxygen atoms in total. The predicted molar refractivity (Wildman–Crippen MR) is 70.7 cm³/mol. The van der Waals surface area contributed by atoms with Crippen molar-refractivity contribution in [1.82, 2.24) is 9.88 Å². The van der Waals surface area contributed by atoms with Crippen LogP contribution < -0.4 is 5.32 Å². The molecule has 0 fully saturated rings. The number of nitrogens with one attached hydrogen (secondary N) is 1. The Morgan fingerprint density at radius 1 is 1.44 bits per heavy atom. The molecule has 0 saturated carbocycles. The summed E-state index contributed by atoms with van der Waals surface area (Å²) in [7, 11) is 1.89. The first kappa shape index (κ1) is 12.8. The number of halogens is 2. The predicted octanol–water partition coefficient (Wildman–Crippen LogP) is 2.86. The Bertz CT molecular complexity index is 580. The molecule has 94 valence electrons. The van der Waals surface area contributed by atoms with E-state index in [9.17, 15) is 9.18 Å². The molecule has 0 spiro atoms. The van der Waals surface area contributed by atoms with Gasteiger partial charge in [0.1, 0.15) is 5.82 Å². The molecular formula is C13H12BrFN2O. The summed E-state index contributed by atoms with van der Waals surface area (Å²) in [6, 6.07) is 8.16. The molecule has 1 amide bonds. The van der Waals surface area contributed by atoms with E-state index in [0.717, 1.165) is 5.69 Å². The molecule has 18 heavy (non-hydrogen) atoms. The molecule has 1 aromatic heterocycles. The van der Waals surface area contributed by atoms with Gasteiger partial charge in [0.25, 0.3) is 5.91 Å². The third-order valence-corrected chi connectivity index (χ3v) is 3.15. The third kappa shape index (κ3) is 2.79. The minimum absolute atomic E-state index is 0.0485. The molecular weight excluding hydrogens is 299 g/mol. The fraction of sp³-hybridized carbons (Fsp3) is 0.154. The average molecular weight is 311 g/mol. The lowest BCUT2D eigenvalue weighted by molar-refractivity contribution is 0.0946. The van der Waals surface area contributed by atoms with Crippen LogP contribution >= 0.6 is 15.9 Å². The second-order valence-corrected chi connectivity index (χ2v) is 4.83. The molecule has 0 aliphatic rings. The zero-order valence-electron chi connectivity index (χ0n) is 9.78. The Morgan fingerprint density at radius 3 is 2.83 bits per heavy atom. The zero-order valence-corrected chi connectivity index (χ0v) is 11.4. The van der Waals surface area contributed by atoms with E-state index in [1.807, 2.05) is 29.9 Å². The summed E-state index contributed by atoms with van der Waals surface area (Å²) in [4.78, 5) is 11.8. The number of hydrogen-bond acceptors (Lipinski definition) is 1. The fourth-order valence-corrected chi connectivity index (χ4v) is 1.95. The first-order valence-electron chi connectivity index (χ1n) is 5.41. The standard InChI is InChI=1S/C13H12BrFN2O/c1-17-6-2-3-10(17)8-16-13(18)11-5-4-9(14)7-12(11)15/h2-7H,8H2,1H3,(H,16,18). The van der Waals surface area contributed by atoms with E-state index in [1.54, 1.807) is 6.07 Å². The Labute approximate surface area is 113 Å². The molecule has 5 heteroatoms. The molecule has 0 bridgehead atoms. The Balaban J connectivity index is 2.06. The molecule has 2 aromatic rings. The molecule has 0 unspecified atom stereocenters. The zero-order chi connectivity index (χ0) is 13.1. The smallest absolute Gasteiger partial charge is 0.254 e. The van der Waals surface area contributed by atoms with Crippen molar-refractivity contribution in [3.05, 3.63) is 58.1 Å². The van der Waals surface area contributed by atoms with Gasteiger partial charge < -0.3 is 9.88 Å². The van der Waals surface area contributed by atoms with E-state index < -0.39 is 11.7 Å². The molecule has 0 aliphatic heterocycles. The third-order valence-electron chi connectivity index (χ3n) is 2.66. The van der Waals surface area contributed by atoms with Crippen LogP contribution in [0, 0.1) is 5.82 Å². The fourth-order valence-electron chi connectivity index (χ4n) is 1.62. The van der Waals surface area contributed by atoms with Gasteiger partial charge in [-0.2, -0.15) is 0 Å². The maximum atomic E-state index is 13.5. The van der Waals surface area contributed by atoms with Gasteiger partial charge in [-0.25, -0.2) is 4.39 Å². The number of aryl methyl sites for hydroxylation is 1. The van der Waals surface area contributed by atoms with E-state index in [1.165, 1.54) is 12.1 Å². The van der Waals surface area contributed by atoms with Crippen molar-refractivity contribution in [3.63, 3.8) is 0 Å². The van der Waals surface area contributed by atoms with E-state index in [2.05, 4.69) is 21.2 Å². The number of carbonyl (C=O) groups excluding carboxylic acids is 1. The maximum absolute atomic E-state index is 13.5. The normalized spacial score (nSPS) is 10.4. The number of hydrogen-bond donors (Lipinski definition) is 1. The van der Waals surface area contributed by atoms with Crippen molar-refractivity contribution in [3.8, 4) is 0 Å². The average Bonchev–Trinajstić information content (AvgIpc) is 2.72. The summed E-state index contributed by atoms with van der Waals surface area (Å²) in [6.45, 7) is 0.373. The highest BCUT2D eigenvalue weighted by atomic mass is 79.9. The van der Waals surface area contributed by atoms with Gasteiger partial charge in [-0.05, 0) is 30.3 Å². The number of aromatic nitrogens is 1. The van der Waals surface area contributed by atoms with E-state index in [-0.39, 0.29) is 5.56 Å². The van der Waals surface area contributed by atoms with Crippen LogP contribution in [0.5, 0.6) is 0 Å². The van der Waals surface area contributed by atoms with Crippen LogP contribution in [0.4, 0.5) is 4.39 Å². The van der Waals surface area contributed by atoms with Crippen LogP contribution in [-0.4, -0.2) is 10.5 Å². The van der Waals surface area contributed by atoms with Crippen LogP contribution in [0.2, 0.25) is 0 Å². The summed E-state index contributed by atoms with van der Waals surface area (Å²) < 4.78 is 16.1. The summed E-state index contributed by atoms with van der Waals surface area (Å²) in [5, 5.41) is 2.69. The first-order valence-corrected chi connectivity index (χ1v) is 6.20. The van der Waals surface area contributed by atoms with Gasteiger partial charge in [0.2, 0.25) is 0 Å². The molecule has 0 atom stereocenters. The van der Waals surface area contributed by atoms with Crippen molar-refractivity contribution in [1.29, 1.82) is 0 Å². The van der Waals surface area contributed by atoms with Gasteiger partial charge in [0.15, 0.2) is 0 Å². The summed E-state index contributed by atoms with van der Waals surface area (Å²) in [6.07, 6.45) is 1.89. The van der Waals surface area contributed by atoms with Crippen LogP contribution in [0.15, 0.2) is 41.0 Å². The molecule has 1 aromatic carbocycles. The van der Waals surface area contributed by atoms with Crippen molar-refractivity contribution >= 4 is 21.8 Å². The van der Waals surface area contributed by atoms with E-state index in [4.69, 9.17) is 0 Å². The molecule has 0 aliphatic carbocycles. The molecule has 0 radical (unpaired) electrons. The molecule has 2 rings (SSSR count). The van der Waals surface area contributed by atoms with Crippen LogP contribution in [0.1, 0.15) is 16.1 Å². The molecule has 0 saturated heterocycles. The van der Waals surface area contributed by atoms with Gasteiger partial charge in [-0.3, -0.25) is 4.79 Å². The highest BCUT2D eigenvalue weighted by molar-refractivity contribution is 9.10. The number of nitrogens with zero attached hydrogens (tertiary/aromatic N) is 1. The SMILES string of the molecule is Cn1cccc1CNC(=O)c1ccc(Br)cc1F. The van der Waals surface area contributed by atoms with Gasteiger partial charge in [0.05, 0.1) is 12.1 Å². The lowest BCUT2D eigenvalue weighted by atomic mass is 10.2. The first-order chi connectivity index (χ1) is 8.58. The van der Waals surface area contributed by atoms with E-state index >= 15 is 0 Å². The minimum Gasteiger partial charge on any atom is -0.353 e. The Hall–Kier alpha value is -1.62. The summed E-state index contributed by atoms with van der Waals surface area (Å²) >= 11 is 3.15. The maximum Gasteiger partial charge on any atom is 0.254 e. The highest BCUT2D eigenvalue weighted by Gasteiger charge is 2.11. The number of rotatable bonds is 3. The van der Waals surface area contributed by atoms with Crippen LogP contribution in [-0.2, 0) is 13.6 Å². The van der Waals surface area contributed by atoms with Gasteiger partial charge in [-0.1, -0.05) is 15.9 Å². The van der Waals surface area contributed by atoms with Crippen molar-refractivity contribution < 1.29 is 9.18 Å². The lowest BCUT2D eigenvalue weighted by Crippen LogP contribution is -2.24. The van der Waals surface area contributed by atoms with Gasteiger partial charge in [-0.15, -0.1) is 0 Å². The summed E-state index contributed by atoms with van der Waals surface area (Å²) in [5.41, 5.74) is 1.01. The second-order valence-electron chi connectivity index (χ2n) is 3.92. The van der Waals surface area contributed by atoms with Crippen molar-refractivity contribution in [2.24, 2.45) is 7.05 Å². The molecule has 1 heterocycles. The second kappa shape index (κ2) is 5.35. The van der Waals surface area contributed by atoms with Gasteiger partial charge >= 0.3 is 0 Å². The number of amides is 1. The highest BCUT2D eigenvalue weighted by Crippen LogP contribution is 2.15. The number of carbonyl (C=O) groups is 1. The summed E-state index contributed by atoms with van der Waals surface area (Å²) in [5.74, 6) is -0.949. The quantitative estimate of drug-likeness (QED) is 0.929. The van der Waals surface area contributed by atoms with E-state index in [0.29, 0.717) is 11.0 Å². The van der Waals surface area contributed by atoms with Crippen molar-refractivity contribution in [2.45, 2.75) is 6.54 Å². The van der Waals surface area contributed by atoms with Crippen LogP contribution in [0.25, 0.3) is 0 Å². The number of benzene rings is 1. The van der Waals surface area contributed by atoms with Crippen molar-refractivity contribution in [2.75, 3.05) is 0 Å². The Kier molecular flexibility index (Phi) is 3.81. The topological polar surface area (TPSA) is 34.0 Å². The minimum atomic E-state index is -0.534. The van der Waals surface area contributed by atoms with Crippen LogP contribution in [0.3, 0.4) is 0 Å². The molecule has 1 N–H and O–H groups in total. The largest absolute Gasteiger partial charge is 0.353 e. The monoisotopic (exact) mass is 310 g/mol.